The molecule has 2 atom stereocenters. The fourth-order valence-corrected chi connectivity index (χ4v) is 1.74. The van der Waals surface area contributed by atoms with E-state index in [4.69, 9.17) is 5.73 Å². The van der Waals surface area contributed by atoms with Crippen molar-refractivity contribution in [2.24, 2.45) is 11.8 Å². The van der Waals surface area contributed by atoms with Gasteiger partial charge in [0.25, 0.3) is 0 Å². The highest BCUT2D eigenvalue weighted by Crippen LogP contribution is 2.40. The Morgan fingerprint density at radius 1 is 1.67 bits per heavy atom. The minimum atomic E-state index is 0.153. The average Bonchev–Trinajstić information content (AvgIpc) is 2.94. The van der Waals surface area contributed by atoms with Crippen LogP contribution in [0.4, 0.5) is 11.4 Å². The zero-order chi connectivity index (χ0) is 11.0. The van der Waals surface area contributed by atoms with Crippen LogP contribution in [0.2, 0.25) is 0 Å². The maximum absolute atomic E-state index is 11.9. The van der Waals surface area contributed by atoms with Gasteiger partial charge >= 0.3 is 0 Å². The lowest BCUT2D eigenvalue weighted by Gasteiger charge is -2.18. The third-order valence-electron chi connectivity index (χ3n) is 2.95. The lowest BCUT2D eigenvalue weighted by molar-refractivity contribution is -0.119. The van der Waals surface area contributed by atoms with Crippen molar-refractivity contribution in [3.63, 3.8) is 0 Å². The molecule has 0 bridgehead atoms. The number of nitrogens with two attached hydrogens (primary N) is 1. The van der Waals surface area contributed by atoms with Crippen molar-refractivity contribution in [1.29, 1.82) is 0 Å². The lowest BCUT2D eigenvalue weighted by atomic mass is 10.2. The molecule has 2 rings (SSSR count). The van der Waals surface area contributed by atoms with E-state index in [1.54, 1.807) is 30.4 Å². The first-order valence-corrected chi connectivity index (χ1v) is 5.08. The molecule has 0 aromatic carbocycles. The van der Waals surface area contributed by atoms with Gasteiger partial charge in [-0.1, -0.05) is 6.92 Å². The van der Waals surface area contributed by atoms with Gasteiger partial charge in [-0.3, -0.25) is 9.78 Å². The molecule has 15 heavy (non-hydrogen) atoms. The standard InChI is InChI=1S/C11H15N3O/c1-7-5-8(7)11(15)14(2)10-3-4-13-6-9(10)12/h3-4,6-8H,5,12H2,1-2H3. The highest BCUT2D eigenvalue weighted by atomic mass is 16.2. The molecular weight excluding hydrogens is 190 g/mol. The van der Waals surface area contributed by atoms with Gasteiger partial charge in [0.15, 0.2) is 0 Å². The Morgan fingerprint density at radius 3 is 2.87 bits per heavy atom. The number of nitrogen functional groups attached to an aromatic ring is 1. The van der Waals surface area contributed by atoms with Gasteiger partial charge in [-0.2, -0.15) is 0 Å². The van der Waals surface area contributed by atoms with E-state index in [-0.39, 0.29) is 11.8 Å². The van der Waals surface area contributed by atoms with Crippen LogP contribution in [-0.2, 0) is 4.79 Å². The molecule has 1 aromatic heterocycles. The van der Waals surface area contributed by atoms with Crippen molar-refractivity contribution in [1.82, 2.24) is 4.98 Å². The van der Waals surface area contributed by atoms with Crippen LogP contribution in [0.3, 0.4) is 0 Å². The molecule has 2 unspecified atom stereocenters. The minimum absolute atomic E-state index is 0.153. The van der Waals surface area contributed by atoms with Crippen LogP contribution >= 0.6 is 0 Å². The first-order valence-electron chi connectivity index (χ1n) is 5.08. The van der Waals surface area contributed by atoms with E-state index in [1.807, 2.05) is 0 Å². The molecule has 0 radical (unpaired) electrons. The number of carbonyl (C=O) groups excluding carboxylic acids is 1. The Kier molecular flexibility index (Phi) is 2.34. The van der Waals surface area contributed by atoms with Crippen molar-refractivity contribution in [2.45, 2.75) is 13.3 Å². The highest BCUT2D eigenvalue weighted by Gasteiger charge is 2.41. The van der Waals surface area contributed by atoms with Crippen LogP contribution in [0.5, 0.6) is 0 Å². The number of aromatic nitrogens is 1. The Morgan fingerprint density at radius 2 is 2.33 bits per heavy atom. The fraction of sp³-hybridized carbons (Fsp3) is 0.455. The van der Waals surface area contributed by atoms with Gasteiger partial charge in [0.2, 0.25) is 5.91 Å². The Bertz CT molecular complexity index is 391. The van der Waals surface area contributed by atoms with Gasteiger partial charge in [0, 0.05) is 19.2 Å². The van der Waals surface area contributed by atoms with Crippen LogP contribution < -0.4 is 10.6 Å². The number of pyridine rings is 1. The van der Waals surface area contributed by atoms with E-state index in [1.165, 1.54) is 0 Å². The highest BCUT2D eigenvalue weighted by molar-refractivity contribution is 5.98. The molecule has 0 saturated heterocycles. The van der Waals surface area contributed by atoms with Gasteiger partial charge < -0.3 is 10.6 Å². The summed E-state index contributed by atoms with van der Waals surface area (Å²) in [5.74, 6) is 0.853. The molecule has 0 aliphatic heterocycles. The van der Waals surface area contributed by atoms with Crippen molar-refractivity contribution < 1.29 is 4.79 Å². The third kappa shape index (κ3) is 1.79. The van der Waals surface area contributed by atoms with Gasteiger partial charge in [0.05, 0.1) is 17.6 Å². The van der Waals surface area contributed by atoms with E-state index >= 15 is 0 Å². The largest absolute Gasteiger partial charge is 0.396 e. The van der Waals surface area contributed by atoms with Crippen LogP contribution in [0.1, 0.15) is 13.3 Å². The summed E-state index contributed by atoms with van der Waals surface area (Å²) >= 11 is 0. The van der Waals surface area contributed by atoms with Crippen LogP contribution in [-0.4, -0.2) is 17.9 Å². The molecule has 4 heteroatoms. The maximum Gasteiger partial charge on any atom is 0.230 e. The van der Waals surface area contributed by atoms with E-state index in [0.29, 0.717) is 11.6 Å². The summed E-state index contributed by atoms with van der Waals surface area (Å²) in [5.41, 5.74) is 7.05. The SMILES string of the molecule is CC1CC1C(=O)N(C)c1ccncc1N. The number of hydrogen-bond donors (Lipinski definition) is 1. The molecule has 1 amide bonds. The van der Waals surface area contributed by atoms with E-state index in [9.17, 15) is 4.79 Å². The molecule has 0 spiro atoms. The van der Waals surface area contributed by atoms with E-state index in [2.05, 4.69) is 11.9 Å². The molecule has 1 aliphatic rings. The average molecular weight is 205 g/mol. The van der Waals surface area contributed by atoms with Crippen LogP contribution in [0.25, 0.3) is 0 Å². The zero-order valence-electron chi connectivity index (χ0n) is 8.97. The number of rotatable bonds is 2. The summed E-state index contributed by atoms with van der Waals surface area (Å²) in [6, 6.07) is 1.76. The second kappa shape index (κ2) is 3.53. The predicted molar refractivity (Wildman–Crippen MR) is 59.3 cm³/mol. The molecule has 1 aliphatic carbocycles. The van der Waals surface area contributed by atoms with Crippen LogP contribution in [0, 0.1) is 11.8 Å². The predicted octanol–water partition coefficient (Wildman–Crippen LogP) is 1.28. The molecule has 4 nitrogen and oxygen atoms in total. The Balaban J connectivity index is 2.17. The molecular formula is C11H15N3O. The van der Waals surface area contributed by atoms with Gasteiger partial charge in [-0.25, -0.2) is 0 Å². The van der Waals surface area contributed by atoms with Crippen molar-refractivity contribution in [3.8, 4) is 0 Å². The summed E-state index contributed by atoms with van der Waals surface area (Å²) in [6.07, 6.45) is 4.20. The normalized spacial score (nSPS) is 23.6. The first kappa shape index (κ1) is 9.96. The summed E-state index contributed by atoms with van der Waals surface area (Å²) in [5, 5.41) is 0. The molecule has 1 heterocycles. The molecule has 1 fully saturated rings. The van der Waals surface area contributed by atoms with E-state index in [0.717, 1.165) is 12.1 Å². The van der Waals surface area contributed by atoms with Crippen molar-refractivity contribution in [3.05, 3.63) is 18.5 Å². The topological polar surface area (TPSA) is 59.2 Å². The number of carbonyl (C=O) groups is 1. The second-order valence-electron chi connectivity index (χ2n) is 4.15. The number of hydrogen-bond acceptors (Lipinski definition) is 3. The molecule has 2 N–H and O–H groups in total. The number of amides is 1. The molecule has 1 aromatic rings. The Labute approximate surface area is 89.1 Å². The monoisotopic (exact) mass is 205 g/mol. The van der Waals surface area contributed by atoms with Gasteiger partial charge in [0.1, 0.15) is 0 Å². The minimum Gasteiger partial charge on any atom is -0.396 e. The summed E-state index contributed by atoms with van der Waals surface area (Å²) in [7, 11) is 1.76. The summed E-state index contributed by atoms with van der Waals surface area (Å²) in [4.78, 5) is 17.4. The number of anilines is 2. The third-order valence-corrected chi connectivity index (χ3v) is 2.95. The second-order valence-corrected chi connectivity index (χ2v) is 4.15. The summed E-state index contributed by atoms with van der Waals surface area (Å²) < 4.78 is 0. The maximum atomic E-state index is 11.9. The fourth-order valence-electron chi connectivity index (χ4n) is 1.74. The van der Waals surface area contributed by atoms with Crippen molar-refractivity contribution >= 4 is 17.3 Å². The van der Waals surface area contributed by atoms with Crippen LogP contribution in [0.15, 0.2) is 18.5 Å². The van der Waals surface area contributed by atoms with Gasteiger partial charge in [-0.15, -0.1) is 0 Å². The molecule has 80 valence electrons. The Hall–Kier alpha value is -1.58. The van der Waals surface area contributed by atoms with E-state index < -0.39 is 0 Å². The zero-order valence-corrected chi connectivity index (χ0v) is 8.97. The smallest absolute Gasteiger partial charge is 0.230 e. The number of nitrogens with zero attached hydrogens (tertiary/aromatic N) is 2. The first-order chi connectivity index (χ1) is 7.11. The van der Waals surface area contributed by atoms with Gasteiger partial charge in [-0.05, 0) is 18.4 Å². The lowest BCUT2D eigenvalue weighted by Crippen LogP contribution is -2.28. The summed E-state index contributed by atoms with van der Waals surface area (Å²) in [6.45, 7) is 2.09. The quantitative estimate of drug-likeness (QED) is 0.791. The molecule has 1 saturated carbocycles. The van der Waals surface area contributed by atoms with Crippen molar-refractivity contribution in [2.75, 3.05) is 17.7 Å².